The van der Waals surface area contributed by atoms with Gasteiger partial charge in [-0.05, 0) is 49.4 Å². The molecule has 0 bridgehead atoms. The first kappa shape index (κ1) is 14.2. The maximum absolute atomic E-state index is 12.5. The maximum atomic E-state index is 12.5. The van der Waals surface area contributed by atoms with E-state index in [0.29, 0.717) is 6.04 Å². The number of carbonyl (C=O) groups is 1. The Balaban J connectivity index is 0.00000133. The molecule has 0 radical (unpaired) electrons. The van der Waals surface area contributed by atoms with Crippen LogP contribution in [0.2, 0.25) is 0 Å². The molecule has 1 aromatic carbocycles. The Morgan fingerprint density at radius 2 is 2.21 bits per heavy atom. The molecule has 0 saturated heterocycles. The lowest BCUT2D eigenvalue weighted by molar-refractivity contribution is 0.0743. The summed E-state index contributed by atoms with van der Waals surface area (Å²) in [4.78, 5) is 14.6. The van der Waals surface area contributed by atoms with Crippen molar-refractivity contribution < 1.29 is 4.79 Å². The predicted molar refractivity (Wildman–Crippen MR) is 80.2 cm³/mol. The number of anilines is 1. The maximum Gasteiger partial charge on any atom is 0.254 e. The minimum absolute atomic E-state index is 0. The van der Waals surface area contributed by atoms with Crippen molar-refractivity contribution >= 4 is 24.0 Å². The Bertz CT molecular complexity index is 471. The van der Waals surface area contributed by atoms with Crippen LogP contribution >= 0.6 is 12.4 Å². The fourth-order valence-corrected chi connectivity index (χ4v) is 2.68. The monoisotopic (exact) mass is 280 g/mol. The van der Waals surface area contributed by atoms with Gasteiger partial charge in [-0.1, -0.05) is 6.92 Å². The van der Waals surface area contributed by atoms with Crippen LogP contribution < -0.4 is 5.32 Å². The molecule has 4 heteroatoms. The molecule has 3 rings (SSSR count). The Morgan fingerprint density at radius 1 is 1.42 bits per heavy atom. The van der Waals surface area contributed by atoms with Gasteiger partial charge in [-0.15, -0.1) is 12.4 Å². The van der Waals surface area contributed by atoms with Crippen LogP contribution in [-0.4, -0.2) is 29.9 Å². The molecule has 2 aliphatic rings. The van der Waals surface area contributed by atoms with Gasteiger partial charge in [0.15, 0.2) is 0 Å². The molecular weight excluding hydrogens is 260 g/mol. The van der Waals surface area contributed by atoms with E-state index < -0.39 is 0 Å². The first-order valence-electron chi connectivity index (χ1n) is 6.97. The third-order valence-corrected chi connectivity index (χ3v) is 3.78. The highest BCUT2D eigenvalue weighted by Gasteiger charge is 2.32. The van der Waals surface area contributed by atoms with E-state index >= 15 is 0 Å². The molecule has 1 aliphatic carbocycles. The van der Waals surface area contributed by atoms with Crippen LogP contribution in [0, 0.1) is 0 Å². The average Bonchev–Trinajstić information content (AvgIpc) is 3.12. The summed E-state index contributed by atoms with van der Waals surface area (Å²) in [5.41, 5.74) is 3.34. The molecule has 0 spiro atoms. The van der Waals surface area contributed by atoms with E-state index in [9.17, 15) is 4.79 Å². The van der Waals surface area contributed by atoms with Crippen LogP contribution in [0.4, 0.5) is 5.69 Å². The molecule has 1 heterocycles. The normalized spacial score (nSPS) is 16.3. The number of hydrogen-bond donors (Lipinski definition) is 1. The zero-order valence-corrected chi connectivity index (χ0v) is 12.1. The van der Waals surface area contributed by atoms with Gasteiger partial charge in [0, 0.05) is 30.4 Å². The lowest BCUT2D eigenvalue weighted by atomic mass is 10.1. The number of hydrogen-bond acceptors (Lipinski definition) is 2. The summed E-state index contributed by atoms with van der Waals surface area (Å²) in [5, 5.41) is 3.33. The predicted octanol–water partition coefficient (Wildman–Crippen LogP) is 3.09. The average molecular weight is 281 g/mol. The molecule has 1 fully saturated rings. The first-order chi connectivity index (χ1) is 8.79. The standard InChI is InChI=1S/C15H20N2O.ClH/c1-2-9-17(13-4-5-13)15(18)12-3-6-14-11(10-12)7-8-16-14;/h3,6,10,13,16H,2,4-5,7-9H2,1H3;1H. The van der Waals surface area contributed by atoms with Crippen molar-refractivity contribution in [1.29, 1.82) is 0 Å². The summed E-state index contributed by atoms with van der Waals surface area (Å²) >= 11 is 0. The van der Waals surface area contributed by atoms with Crippen molar-refractivity contribution in [3.63, 3.8) is 0 Å². The lowest BCUT2D eigenvalue weighted by Gasteiger charge is -2.22. The van der Waals surface area contributed by atoms with Crippen LogP contribution in [0.1, 0.15) is 42.1 Å². The molecule has 0 atom stereocenters. The van der Waals surface area contributed by atoms with Crippen LogP contribution in [-0.2, 0) is 6.42 Å². The zero-order valence-electron chi connectivity index (χ0n) is 11.3. The van der Waals surface area contributed by atoms with Crippen molar-refractivity contribution in [2.45, 2.75) is 38.6 Å². The van der Waals surface area contributed by atoms with Crippen molar-refractivity contribution in [1.82, 2.24) is 4.90 Å². The van der Waals surface area contributed by atoms with E-state index in [1.165, 1.54) is 24.1 Å². The minimum atomic E-state index is 0. The fraction of sp³-hybridized carbons (Fsp3) is 0.533. The summed E-state index contributed by atoms with van der Waals surface area (Å²) in [7, 11) is 0. The Hall–Kier alpha value is -1.22. The van der Waals surface area contributed by atoms with E-state index in [0.717, 1.165) is 31.5 Å². The second-order valence-electron chi connectivity index (χ2n) is 5.28. The first-order valence-corrected chi connectivity index (χ1v) is 6.97. The van der Waals surface area contributed by atoms with Crippen molar-refractivity contribution in [3.8, 4) is 0 Å². The number of amides is 1. The Kier molecular flexibility index (Phi) is 4.35. The number of rotatable bonds is 4. The SMILES string of the molecule is CCCN(C(=O)c1ccc2c(c1)CCN2)C1CC1.Cl. The summed E-state index contributed by atoms with van der Waals surface area (Å²) < 4.78 is 0. The number of benzene rings is 1. The summed E-state index contributed by atoms with van der Waals surface area (Å²) in [6.07, 6.45) is 4.43. The highest BCUT2D eigenvalue weighted by molar-refractivity contribution is 5.95. The number of fused-ring (bicyclic) bond motifs is 1. The summed E-state index contributed by atoms with van der Waals surface area (Å²) in [5.74, 6) is 0.217. The van der Waals surface area contributed by atoms with Gasteiger partial charge >= 0.3 is 0 Å². The van der Waals surface area contributed by atoms with E-state index in [1.807, 2.05) is 12.1 Å². The highest BCUT2D eigenvalue weighted by Crippen LogP contribution is 2.30. The Labute approximate surface area is 120 Å². The van der Waals surface area contributed by atoms with Crippen molar-refractivity contribution in [3.05, 3.63) is 29.3 Å². The highest BCUT2D eigenvalue weighted by atomic mass is 35.5. The van der Waals surface area contributed by atoms with Crippen molar-refractivity contribution in [2.75, 3.05) is 18.4 Å². The minimum Gasteiger partial charge on any atom is -0.384 e. The molecule has 1 amide bonds. The van der Waals surface area contributed by atoms with Gasteiger partial charge in [0.05, 0.1) is 0 Å². The van der Waals surface area contributed by atoms with Gasteiger partial charge in [0.1, 0.15) is 0 Å². The van der Waals surface area contributed by atoms with Crippen LogP contribution in [0.5, 0.6) is 0 Å². The molecule has 1 aromatic rings. The van der Waals surface area contributed by atoms with Gasteiger partial charge < -0.3 is 10.2 Å². The molecular formula is C15H21ClN2O. The molecule has 19 heavy (non-hydrogen) atoms. The molecule has 0 aromatic heterocycles. The zero-order chi connectivity index (χ0) is 12.5. The molecule has 1 aliphatic heterocycles. The topological polar surface area (TPSA) is 32.3 Å². The molecule has 1 N–H and O–H groups in total. The van der Waals surface area contributed by atoms with Gasteiger partial charge in [-0.2, -0.15) is 0 Å². The number of carbonyl (C=O) groups excluding carboxylic acids is 1. The largest absolute Gasteiger partial charge is 0.384 e. The number of nitrogens with one attached hydrogen (secondary N) is 1. The fourth-order valence-electron chi connectivity index (χ4n) is 2.68. The van der Waals surface area contributed by atoms with E-state index in [4.69, 9.17) is 0 Å². The second kappa shape index (κ2) is 5.83. The second-order valence-corrected chi connectivity index (χ2v) is 5.28. The summed E-state index contributed by atoms with van der Waals surface area (Å²) in [6, 6.07) is 6.59. The smallest absolute Gasteiger partial charge is 0.254 e. The van der Waals surface area contributed by atoms with Crippen LogP contribution in [0.15, 0.2) is 18.2 Å². The third kappa shape index (κ3) is 2.86. The molecule has 0 unspecified atom stereocenters. The molecule has 3 nitrogen and oxygen atoms in total. The van der Waals surface area contributed by atoms with E-state index in [-0.39, 0.29) is 18.3 Å². The van der Waals surface area contributed by atoms with Gasteiger partial charge in [-0.3, -0.25) is 4.79 Å². The summed E-state index contributed by atoms with van der Waals surface area (Å²) in [6.45, 7) is 4.02. The van der Waals surface area contributed by atoms with E-state index in [2.05, 4.69) is 23.2 Å². The quantitative estimate of drug-likeness (QED) is 0.919. The number of nitrogens with zero attached hydrogens (tertiary/aromatic N) is 1. The van der Waals surface area contributed by atoms with Gasteiger partial charge in [0.25, 0.3) is 5.91 Å². The molecule has 104 valence electrons. The van der Waals surface area contributed by atoms with Gasteiger partial charge in [-0.25, -0.2) is 0 Å². The third-order valence-electron chi connectivity index (χ3n) is 3.78. The molecule has 1 saturated carbocycles. The van der Waals surface area contributed by atoms with Crippen LogP contribution in [0.25, 0.3) is 0 Å². The van der Waals surface area contributed by atoms with E-state index in [1.54, 1.807) is 0 Å². The lowest BCUT2D eigenvalue weighted by Crippen LogP contribution is -2.33. The Morgan fingerprint density at radius 3 is 2.89 bits per heavy atom. The van der Waals surface area contributed by atoms with Crippen LogP contribution in [0.3, 0.4) is 0 Å². The number of halogens is 1. The van der Waals surface area contributed by atoms with Crippen molar-refractivity contribution in [2.24, 2.45) is 0 Å². The van der Waals surface area contributed by atoms with Gasteiger partial charge in [0.2, 0.25) is 0 Å².